The zero-order valence-electron chi connectivity index (χ0n) is 27.9. The van der Waals surface area contributed by atoms with E-state index < -0.39 is 7.26 Å². The Balaban J connectivity index is 1.06. The van der Waals surface area contributed by atoms with Crippen LogP contribution in [0.1, 0.15) is 47.3 Å². The third kappa shape index (κ3) is 7.90. The van der Waals surface area contributed by atoms with Crippen LogP contribution in [-0.4, -0.2) is 44.5 Å². The maximum atomic E-state index is 13.2. The molecule has 1 heterocycles. The summed E-state index contributed by atoms with van der Waals surface area (Å²) in [6.07, 6.45) is 4.33. The summed E-state index contributed by atoms with van der Waals surface area (Å²) in [5, 5.41) is 12.3. The van der Waals surface area contributed by atoms with Crippen molar-refractivity contribution in [3.63, 3.8) is 0 Å². The molecule has 1 saturated carbocycles. The monoisotopic (exact) mass is 691 g/mol. The van der Waals surface area contributed by atoms with Gasteiger partial charge in [0, 0.05) is 23.4 Å². The first-order chi connectivity index (χ1) is 24.0. The van der Waals surface area contributed by atoms with Crippen molar-refractivity contribution in [1.29, 1.82) is 0 Å². The van der Waals surface area contributed by atoms with Gasteiger partial charge in [-0.15, -0.1) is 11.3 Å². The third-order valence-corrected chi connectivity index (χ3v) is 15.3. The summed E-state index contributed by atoms with van der Waals surface area (Å²) < 4.78 is 11.4. The highest BCUT2D eigenvalue weighted by atomic mass is 32.1. The predicted octanol–water partition coefficient (Wildman–Crippen LogP) is 7.48. The van der Waals surface area contributed by atoms with E-state index in [1.807, 2.05) is 12.1 Å². The summed E-state index contributed by atoms with van der Waals surface area (Å²) in [5.74, 6) is 0.408. The van der Waals surface area contributed by atoms with E-state index in [0.29, 0.717) is 24.4 Å². The van der Waals surface area contributed by atoms with Gasteiger partial charge in [-0.25, -0.2) is 4.79 Å². The number of ether oxygens (including phenoxy) is 2. The molecular formula is C41H44N2O4PS+. The van der Waals surface area contributed by atoms with Crippen molar-refractivity contribution in [2.75, 3.05) is 26.4 Å². The van der Waals surface area contributed by atoms with Crippen molar-refractivity contribution >= 4 is 46.5 Å². The van der Waals surface area contributed by atoms with Crippen LogP contribution in [0.5, 0.6) is 5.75 Å². The minimum absolute atomic E-state index is 0.149. The van der Waals surface area contributed by atoms with E-state index in [2.05, 4.69) is 119 Å². The molecule has 0 atom stereocenters. The normalized spacial score (nSPS) is 17.5. The zero-order valence-corrected chi connectivity index (χ0v) is 29.6. The van der Waals surface area contributed by atoms with Gasteiger partial charge in [-0.1, -0.05) is 72.8 Å². The van der Waals surface area contributed by atoms with E-state index in [9.17, 15) is 9.59 Å². The van der Waals surface area contributed by atoms with Crippen molar-refractivity contribution < 1.29 is 19.1 Å². The Morgan fingerprint density at radius 2 is 1.33 bits per heavy atom. The van der Waals surface area contributed by atoms with Crippen molar-refractivity contribution in [3.05, 3.63) is 143 Å². The van der Waals surface area contributed by atoms with Crippen LogP contribution < -0.4 is 31.3 Å². The van der Waals surface area contributed by atoms with Gasteiger partial charge in [0.1, 0.15) is 35.0 Å². The average Bonchev–Trinajstić information content (AvgIpc) is 3.72. The molecule has 2 N–H and O–H groups in total. The maximum absolute atomic E-state index is 13.2. The third-order valence-electron chi connectivity index (χ3n) is 9.68. The fraction of sp³-hybridized carbons (Fsp3) is 0.268. The number of hydrogen-bond acceptors (Lipinski definition) is 5. The highest BCUT2D eigenvalue weighted by Crippen LogP contribution is 2.55. The quantitative estimate of drug-likeness (QED) is 0.0993. The van der Waals surface area contributed by atoms with E-state index in [-0.39, 0.29) is 23.5 Å². The summed E-state index contributed by atoms with van der Waals surface area (Å²) in [6, 6.07) is 43.9. The molecule has 6 rings (SSSR count). The molecule has 252 valence electrons. The van der Waals surface area contributed by atoms with Gasteiger partial charge in [-0.3, -0.25) is 4.79 Å². The van der Waals surface area contributed by atoms with Gasteiger partial charge in [-0.2, -0.15) is 0 Å². The average molecular weight is 692 g/mol. The van der Waals surface area contributed by atoms with Crippen molar-refractivity contribution in [1.82, 2.24) is 10.6 Å². The standard InChI is InChI=1S/C41H43N2O4PS/c1-46-37-22-12-11-21-36(37)39(44)43-31-41(38-23-13-30-49-38)26-24-32(25-27-41)47-40(45)42-28-14-29-48(33-15-5-2-6-16-33,34-17-7-3-8-18-34)35-19-9-4-10-20-35/h2-13,15-23,30,32H,14,24-29,31H2,1H3,(H-,42,43,44,45)/p+1. The van der Waals surface area contributed by atoms with Gasteiger partial charge in [0.25, 0.3) is 5.91 Å². The number of methoxy groups -OCH3 is 1. The molecule has 1 aromatic heterocycles. The van der Waals surface area contributed by atoms with Crippen molar-refractivity contribution in [2.45, 2.75) is 43.6 Å². The van der Waals surface area contributed by atoms with Gasteiger partial charge in [0.2, 0.25) is 0 Å². The van der Waals surface area contributed by atoms with Crippen LogP contribution in [0.2, 0.25) is 0 Å². The van der Waals surface area contributed by atoms with Gasteiger partial charge in [0.05, 0.1) is 18.8 Å². The first-order valence-corrected chi connectivity index (χ1v) is 19.8. The highest BCUT2D eigenvalue weighted by Gasteiger charge is 2.44. The van der Waals surface area contributed by atoms with Crippen molar-refractivity contribution in [2.24, 2.45) is 0 Å². The molecule has 0 aliphatic heterocycles. The largest absolute Gasteiger partial charge is 0.496 e. The molecule has 0 saturated heterocycles. The smallest absolute Gasteiger partial charge is 0.407 e. The van der Waals surface area contributed by atoms with E-state index >= 15 is 0 Å². The van der Waals surface area contributed by atoms with Crippen molar-refractivity contribution in [3.8, 4) is 5.75 Å². The Bertz CT molecular complexity index is 1680. The summed E-state index contributed by atoms with van der Waals surface area (Å²) in [7, 11) is -0.378. The van der Waals surface area contributed by atoms with Gasteiger partial charge in [0.15, 0.2) is 0 Å². The molecule has 0 bridgehead atoms. The first-order valence-electron chi connectivity index (χ1n) is 17.0. The highest BCUT2D eigenvalue weighted by molar-refractivity contribution is 7.95. The van der Waals surface area contributed by atoms with E-state index in [4.69, 9.17) is 9.47 Å². The van der Waals surface area contributed by atoms with Crippen LogP contribution in [0.3, 0.4) is 0 Å². The molecule has 8 heteroatoms. The molecule has 4 aromatic carbocycles. The Morgan fingerprint density at radius 1 is 0.755 bits per heavy atom. The Hall–Kier alpha value is -4.45. The van der Waals surface area contributed by atoms with Gasteiger partial charge in [-0.05, 0) is 92.1 Å². The molecule has 0 unspecified atom stereocenters. The zero-order chi connectivity index (χ0) is 33.9. The number of alkyl carbamates (subject to hydrolysis) is 1. The van der Waals surface area contributed by atoms with E-state index in [0.717, 1.165) is 38.3 Å². The number of thiophene rings is 1. The second-order valence-electron chi connectivity index (χ2n) is 12.6. The summed E-state index contributed by atoms with van der Waals surface area (Å²) in [4.78, 5) is 27.5. The molecule has 1 aliphatic carbocycles. The number of para-hydroxylation sites is 1. The lowest BCUT2D eigenvalue weighted by molar-refractivity contribution is 0.0571. The minimum Gasteiger partial charge on any atom is -0.496 e. The molecule has 1 aliphatic rings. The van der Waals surface area contributed by atoms with E-state index in [1.165, 1.54) is 20.8 Å². The minimum atomic E-state index is -1.95. The molecule has 5 aromatic rings. The van der Waals surface area contributed by atoms with E-state index in [1.54, 1.807) is 30.6 Å². The van der Waals surface area contributed by atoms with Crippen LogP contribution in [0.25, 0.3) is 0 Å². The number of nitrogens with one attached hydrogen (secondary N) is 2. The number of amides is 2. The summed E-state index contributed by atoms with van der Waals surface area (Å²) in [5.41, 5.74) is 0.317. The summed E-state index contributed by atoms with van der Waals surface area (Å²) in [6.45, 7) is 1.05. The SMILES string of the molecule is COc1ccccc1C(=O)NCC1(c2cccs2)CCC(OC(=O)NCCC[P+](c2ccccc2)(c2ccccc2)c2ccccc2)CC1. The van der Waals surface area contributed by atoms with Gasteiger partial charge < -0.3 is 20.1 Å². The van der Waals surface area contributed by atoms with Crippen LogP contribution >= 0.6 is 18.6 Å². The Labute approximate surface area is 294 Å². The number of benzene rings is 4. The van der Waals surface area contributed by atoms with Crippen LogP contribution in [0.4, 0.5) is 4.79 Å². The fourth-order valence-electron chi connectivity index (χ4n) is 7.11. The summed E-state index contributed by atoms with van der Waals surface area (Å²) >= 11 is 1.72. The molecule has 0 spiro atoms. The Kier molecular flexibility index (Phi) is 11.4. The fourth-order valence-corrected chi connectivity index (χ4v) is 12.4. The lowest BCUT2D eigenvalue weighted by Crippen LogP contribution is -2.44. The number of carbonyl (C=O) groups excluding carboxylic acids is 2. The van der Waals surface area contributed by atoms with Gasteiger partial charge >= 0.3 is 6.09 Å². The maximum Gasteiger partial charge on any atom is 0.407 e. The molecule has 1 fully saturated rings. The lowest BCUT2D eigenvalue weighted by atomic mass is 9.72. The first kappa shape index (κ1) is 34.4. The van der Waals surface area contributed by atoms with Crippen LogP contribution in [-0.2, 0) is 10.2 Å². The molecule has 2 amide bonds. The van der Waals surface area contributed by atoms with Crippen LogP contribution in [0.15, 0.2) is 133 Å². The molecular weight excluding hydrogens is 648 g/mol. The Morgan fingerprint density at radius 3 is 1.88 bits per heavy atom. The van der Waals surface area contributed by atoms with Crippen LogP contribution in [0, 0.1) is 0 Å². The predicted molar refractivity (Wildman–Crippen MR) is 203 cm³/mol. The molecule has 0 radical (unpaired) electrons. The lowest BCUT2D eigenvalue weighted by Gasteiger charge is -2.39. The molecule has 6 nitrogen and oxygen atoms in total. The topological polar surface area (TPSA) is 76.7 Å². The number of hydrogen-bond donors (Lipinski definition) is 2. The molecule has 49 heavy (non-hydrogen) atoms. The number of carbonyl (C=O) groups is 2. The number of rotatable bonds is 13. The second kappa shape index (κ2) is 16.3. The second-order valence-corrected chi connectivity index (χ2v) is 17.1.